The molecule has 0 atom stereocenters. The fourth-order valence-corrected chi connectivity index (χ4v) is 1.61. The second kappa shape index (κ2) is 5.49. The average Bonchev–Trinajstić information content (AvgIpc) is 3.04. The van der Waals surface area contributed by atoms with Crippen LogP contribution in [0.4, 0.5) is 22.0 Å². The first-order valence-electron chi connectivity index (χ1n) is 6.06. The molecule has 2 aromatic heterocycles. The highest BCUT2D eigenvalue weighted by Crippen LogP contribution is 2.15. The fraction of sp³-hybridized carbons (Fsp3) is 0.0833. The lowest BCUT2D eigenvalue weighted by atomic mass is 10.3. The summed E-state index contributed by atoms with van der Waals surface area (Å²) >= 11 is 0. The molecule has 0 saturated heterocycles. The van der Waals surface area contributed by atoms with Crippen molar-refractivity contribution >= 4 is 17.6 Å². The van der Waals surface area contributed by atoms with Crippen LogP contribution in [0.15, 0.2) is 36.9 Å². The van der Waals surface area contributed by atoms with Crippen LogP contribution in [0.1, 0.15) is 0 Å². The third kappa shape index (κ3) is 2.91. The second-order valence-corrected chi connectivity index (χ2v) is 4.00. The Balaban J connectivity index is 1.94. The molecule has 0 bridgehead atoms. The van der Waals surface area contributed by atoms with E-state index in [0.717, 1.165) is 0 Å². The maximum atomic E-state index is 12.9. The van der Waals surface area contributed by atoms with Crippen molar-refractivity contribution in [2.45, 2.75) is 0 Å². The first kappa shape index (κ1) is 12.9. The maximum absolute atomic E-state index is 12.9. The van der Waals surface area contributed by atoms with Gasteiger partial charge in [0.15, 0.2) is 0 Å². The predicted molar refractivity (Wildman–Crippen MR) is 74.0 cm³/mol. The maximum Gasteiger partial charge on any atom is 0.258 e. The summed E-state index contributed by atoms with van der Waals surface area (Å²) in [5.74, 6) is 0.693. The van der Waals surface area contributed by atoms with Crippen LogP contribution in [0.25, 0.3) is 5.95 Å². The number of benzene rings is 1. The van der Waals surface area contributed by atoms with Gasteiger partial charge >= 0.3 is 0 Å². The van der Waals surface area contributed by atoms with Crippen molar-refractivity contribution in [3.63, 3.8) is 0 Å². The van der Waals surface area contributed by atoms with E-state index in [4.69, 9.17) is 0 Å². The van der Waals surface area contributed by atoms with E-state index >= 15 is 0 Å². The van der Waals surface area contributed by atoms with E-state index < -0.39 is 0 Å². The number of aromatic nitrogens is 6. The van der Waals surface area contributed by atoms with Gasteiger partial charge in [-0.1, -0.05) is 0 Å². The van der Waals surface area contributed by atoms with Crippen LogP contribution in [0.3, 0.4) is 0 Å². The lowest BCUT2D eigenvalue weighted by Gasteiger charge is -2.08. The lowest BCUT2D eigenvalue weighted by Crippen LogP contribution is -2.09. The molecule has 0 fully saturated rings. The summed E-state index contributed by atoms with van der Waals surface area (Å²) in [7, 11) is 1.70. The van der Waals surface area contributed by atoms with Crippen LogP contribution in [-0.2, 0) is 0 Å². The van der Waals surface area contributed by atoms with Gasteiger partial charge in [-0.15, -0.1) is 0 Å². The number of nitrogens with zero attached hydrogens (tertiary/aromatic N) is 6. The van der Waals surface area contributed by atoms with Crippen LogP contribution in [0.2, 0.25) is 0 Å². The van der Waals surface area contributed by atoms with E-state index in [-0.39, 0.29) is 5.82 Å². The molecule has 0 spiro atoms. The second-order valence-electron chi connectivity index (χ2n) is 4.00. The van der Waals surface area contributed by atoms with Crippen molar-refractivity contribution in [3.05, 3.63) is 42.7 Å². The van der Waals surface area contributed by atoms with Gasteiger partial charge in [0.25, 0.3) is 5.95 Å². The summed E-state index contributed by atoms with van der Waals surface area (Å²) in [5.41, 5.74) is 0.661. The van der Waals surface area contributed by atoms with Crippen LogP contribution in [0.5, 0.6) is 0 Å². The molecular formula is C12H11FN8. The molecule has 3 rings (SSSR count). The van der Waals surface area contributed by atoms with E-state index in [1.807, 2.05) is 0 Å². The summed E-state index contributed by atoms with van der Waals surface area (Å²) in [4.78, 5) is 16.4. The van der Waals surface area contributed by atoms with Crippen molar-refractivity contribution in [1.29, 1.82) is 0 Å². The molecule has 21 heavy (non-hydrogen) atoms. The quantitative estimate of drug-likeness (QED) is 0.748. The molecule has 1 aromatic carbocycles. The van der Waals surface area contributed by atoms with Crippen LogP contribution in [-0.4, -0.2) is 36.8 Å². The van der Waals surface area contributed by atoms with Gasteiger partial charge in [0.05, 0.1) is 0 Å². The molecule has 0 amide bonds. The van der Waals surface area contributed by atoms with Gasteiger partial charge in [0, 0.05) is 12.7 Å². The molecule has 9 heteroatoms. The zero-order valence-corrected chi connectivity index (χ0v) is 11.0. The molecule has 0 aliphatic heterocycles. The molecule has 0 aliphatic rings. The van der Waals surface area contributed by atoms with Gasteiger partial charge in [0.2, 0.25) is 11.9 Å². The summed E-state index contributed by atoms with van der Waals surface area (Å²) < 4.78 is 14.3. The summed E-state index contributed by atoms with van der Waals surface area (Å²) in [6.45, 7) is 0. The number of rotatable bonds is 4. The number of hydrogen-bond acceptors (Lipinski definition) is 7. The van der Waals surface area contributed by atoms with Gasteiger partial charge in [-0.25, -0.2) is 9.37 Å². The van der Waals surface area contributed by atoms with Crippen molar-refractivity contribution in [3.8, 4) is 5.95 Å². The van der Waals surface area contributed by atoms with Crippen LogP contribution >= 0.6 is 0 Å². The van der Waals surface area contributed by atoms with E-state index in [1.54, 1.807) is 19.2 Å². The summed E-state index contributed by atoms with van der Waals surface area (Å²) in [6, 6.07) is 5.88. The number of hydrogen-bond donors (Lipinski definition) is 2. The minimum Gasteiger partial charge on any atom is -0.357 e. The van der Waals surface area contributed by atoms with Gasteiger partial charge < -0.3 is 10.6 Å². The summed E-state index contributed by atoms with van der Waals surface area (Å²) in [5, 5.41) is 9.79. The monoisotopic (exact) mass is 286 g/mol. The number of anilines is 3. The van der Waals surface area contributed by atoms with Crippen LogP contribution in [0, 0.1) is 5.82 Å². The van der Waals surface area contributed by atoms with Crippen molar-refractivity contribution in [2.24, 2.45) is 0 Å². The van der Waals surface area contributed by atoms with E-state index in [1.165, 1.54) is 29.5 Å². The Morgan fingerprint density at radius 3 is 2.48 bits per heavy atom. The minimum atomic E-state index is -0.310. The van der Waals surface area contributed by atoms with Crippen molar-refractivity contribution < 1.29 is 4.39 Å². The first-order valence-corrected chi connectivity index (χ1v) is 6.06. The molecule has 0 saturated carbocycles. The summed E-state index contributed by atoms with van der Waals surface area (Å²) in [6.07, 6.45) is 2.87. The SMILES string of the molecule is CNc1nc(Nc2ccc(F)cc2)nc(-n2cncn2)n1. The zero-order chi connectivity index (χ0) is 14.7. The Kier molecular flexibility index (Phi) is 3.37. The van der Waals surface area contributed by atoms with Crippen LogP contribution < -0.4 is 10.6 Å². The topological polar surface area (TPSA) is 93.4 Å². The van der Waals surface area contributed by atoms with Crippen molar-refractivity contribution in [2.75, 3.05) is 17.7 Å². The van der Waals surface area contributed by atoms with Gasteiger partial charge in [-0.05, 0) is 24.3 Å². The van der Waals surface area contributed by atoms with Gasteiger partial charge in [-0.2, -0.15) is 24.7 Å². The highest BCUT2D eigenvalue weighted by atomic mass is 19.1. The number of nitrogens with one attached hydrogen (secondary N) is 2. The van der Waals surface area contributed by atoms with Crippen molar-refractivity contribution in [1.82, 2.24) is 29.7 Å². The first-order chi connectivity index (χ1) is 10.2. The largest absolute Gasteiger partial charge is 0.357 e. The Morgan fingerprint density at radius 1 is 1.05 bits per heavy atom. The highest BCUT2D eigenvalue weighted by molar-refractivity contribution is 5.54. The molecule has 8 nitrogen and oxygen atoms in total. The molecule has 2 N–H and O–H groups in total. The Bertz CT molecular complexity index is 726. The third-order valence-electron chi connectivity index (χ3n) is 2.57. The average molecular weight is 286 g/mol. The third-order valence-corrected chi connectivity index (χ3v) is 2.57. The van der Waals surface area contributed by atoms with Gasteiger partial charge in [-0.3, -0.25) is 0 Å². The Labute approximate surface area is 119 Å². The van der Waals surface area contributed by atoms with E-state index in [2.05, 4.69) is 35.7 Å². The molecule has 0 radical (unpaired) electrons. The molecule has 0 unspecified atom stereocenters. The molecular weight excluding hydrogens is 275 g/mol. The highest BCUT2D eigenvalue weighted by Gasteiger charge is 2.08. The lowest BCUT2D eigenvalue weighted by molar-refractivity contribution is 0.628. The molecule has 2 heterocycles. The normalized spacial score (nSPS) is 10.4. The predicted octanol–water partition coefficient (Wildman–Crippen LogP) is 1.38. The molecule has 0 aliphatic carbocycles. The fourth-order valence-electron chi connectivity index (χ4n) is 1.61. The van der Waals surface area contributed by atoms with Gasteiger partial charge in [0.1, 0.15) is 18.5 Å². The Morgan fingerprint density at radius 2 is 1.81 bits per heavy atom. The van der Waals surface area contributed by atoms with E-state index in [0.29, 0.717) is 23.5 Å². The standard InChI is InChI=1S/C12H11FN8/c1-14-10-18-11(17-9-4-2-8(13)3-5-9)20-12(19-10)21-7-15-6-16-21/h2-7H,1H3,(H2,14,17,18,19,20). The molecule has 3 aromatic rings. The Hall–Kier alpha value is -3.10. The molecule has 106 valence electrons. The van der Waals surface area contributed by atoms with E-state index in [9.17, 15) is 4.39 Å². The minimum absolute atomic E-state index is 0.310. The zero-order valence-electron chi connectivity index (χ0n) is 11.0. The smallest absolute Gasteiger partial charge is 0.258 e. The number of halogens is 1.